The Bertz CT molecular complexity index is 922. The first-order chi connectivity index (χ1) is 13.7. The van der Waals surface area contributed by atoms with Gasteiger partial charge in [0, 0.05) is 42.0 Å². The molecule has 1 amide bonds. The molecule has 5 nitrogen and oxygen atoms in total. The Balaban J connectivity index is 1.66. The summed E-state index contributed by atoms with van der Waals surface area (Å²) in [7, 11) is 0. The van der Waals surface area contributed by atoms with Crippen molar-refractivity contribution in [3.63, 3.8) is 0 Å². The van der Waals surface area contributed by atoms with Gasteiger partial charge in [-0.25, -0.2) is 0 Å². The average molecular weight is 372 g/mol. The van der Waals surface area contributed by atoms with Crippen molar-refractivity contribution >= 4 is 12.1 Å². The number of aromatic nitrogens is 2. The van der Waals surface area contributed by atoms with Crippen molar-refractivity contribution < 1.29 is 4.79 Å². The molecule has 142 valence electrons. The molecular weight excluding hydrogens is 348 g/mol. The van der Waals surface area contributed by atoms with Crippen molar-refractivity contribution in [2.75, 3.05) is 0 Å². The molecular formula is C23H24N4O. The second kappa shape index (κ2) is 9.55. The summed E-state index contributed by atoms with van der Waals surface area (Å²) in [5, 5.41) is 10.1. The highest BCUT2D eigenvalue weighted by atomic mass is 16.1. The van der Waals surface area contributed by atoms with Crippen molar-refractivity contribution in [2.24, 2.45) is 0 Å². The number of amides is 1. The molecule has 0 unspecified atom stereocenters. The number of carbonyl (C=O) groups excluding carboxylic acids is 1. The molecule has 1 saturated carbocycles. The Morgan fingerprint density at radius 3 is 2.79 bits per heavy atom. The SMILES string of the molecule is CC\C=C/C=C(C=N)\C=C\NC(=O)c1cc(-c2ccc(C3CC3)nc2)ccn1. The summed E-state index contributed by atoms with van der Waals surface area (Å²) in [5.41, 5.74) is 4.04. The molecule has 0 atom stereocenters. The van der Waals surface area contributed by atoms with Crippen LogP contribution < -0.4 is 5.32 Å². The fraction of sp³-hybridized carbons (Fsp3) is 0.217. The minimum atomic E-state index is -0.297. The molecule has 0 bridgehead atoms. The molecule has 3 rings (SSSR count). The largest absolute Gasteiger partial charge is 0.327 e. The summed E-state index contributed by atoms with van der Waals surface area (Å²) in [6.07, 6.45) is 17.0. The first kappa shape index (κ1) is 19.4. The Hall–Kier alpha value is -3.34. The monoisotopic (exact) mass is 372 g/mol. The smallest absolute Gasteiger partial charge is 0.273 e. The predicted octanol–water partition coefficient (Wildman–Crippen LogP) is 4.81. The van der Waals surface area contributed by atoms with Crippen molar-refractivity contribution in [3.8, 4) is 11.1 Å². The third kappa shape index (κ3) is 5.33. The lowest BCUT2D eigenvalue weighted by Gasteiger charge is -2.05. The third-order valence-corrected chi connectivity index (χ3v) is 4.43. The quantitative estimate of drug-likeness (QED) is 0.516. The number of nitrogens with one attached hydrogen (secondary N) is 2. The minimum absolute atomic E-state index is 0.297. The fourth-order valence-electron chi connectivity index (χ4n) is 2.69. The van der Waals surface area contributed by atoms with Crippen LogP contribution in [0.3, 0.4) is 0 Å². The lowest BCUT2D eigenvalue weighted by molar-refractivity contribution is 0.0965. The number of carbonyl (C=O) groups is 1. The van der Waals surface area contributed by atoms with Crippen LogP contribution in [0.2, 0.25) is 0 Å². The number of rotatable bonds is 8. The van der Waals surface area contributed by atoms with Gasteiger partial charge in [0.15, 0.2) is 0 Å². The highest BCUT2D eigenvalue weighted by Crippen LogP contribution is 2.39. The second-order valence-corrected chi connectivity index (χ2v) is 6.63. The standard InChI is InChI=1S/C23H24N4O/c1-2-3-4-5-17(15-24)10-12-26-23(28)22-14-19(11-13-25-22)20-8-9-21(27-16-20)18-6-7-18/h3-5,8-16,18,24H,2,6-7H2,1H3,(H,26,28)/b4-3-,12-10+,17-5+,24-15?. The van der Waals surface area contributed by atoms with Gasteiger partial charge in [0.25, 0.3) is 5.91 Å². The van der Waals surface area contributed by atoms with Crippen LogP contribution in [0.15, 0.2) is 72.7 Å². The van der Waals surface area contributed by atoms with Crippen LogP contribution >= 0.6 is 0 Å². The van der Waals surface area contributed by atoms with E-state index in [0.717, 1.165) is 23.2 Å². The summed E-state index contributed by atoms with van der Waals surface area (Å²) in [6.45, 7) is 2.04. The normalized spacial score (nSPS) is 14.5. The molecule has 2 aromatic heterocycles. The van der Waals surface area contributed by atoms with Crippen LogP contribution in [0.5, 0.6) is 0 Å². The Labute approximate surface area is 165 Å². The minimum Gasteiger partial charge on any atom is -0.327 e. The van der Waals surface area contributed by atoms with Crippen LogP contribution in [0.25, 0.3) is 11.1 Å². The Kier molecular flexibility index (Phi) is 6.63. The molecule has 2 aromatic rings. The number of allylic oxidation sites excluding steroid dienone is 5. The zero-order valence-electron chi connectivity index (χ0n) is 15.9. The lowest BCUT2D eigenvalue weighted by Crippen LogP contribution is -2.18. The molecule has 2 heterocycles. The van der Waals surface area contributed by atoms with Crippen LogP contribution in [-0.2, 0) is 0 Å². The molecule has 2 N–H and O–H groups in total. The zero-order valence-corrected chi connectivity index (χ0v) is 15.9. The highest BCUT2D eigenvalue weighted by molar-refractivity contribution is 5.94. The first-order valence-corrected chi connectivity index (χ1v) is 9.48. The fourth-order valence-corrected chi connectivity index (χ4v) is 2.69. The molecule has 1 aliphatic carbocycles. The average Bonchev–Trinajstić information content (AvgIpc) is 3.58. The summed E-state index contributed by atoms with van der Waals surface area (Å²) in [5.74, 6) is 0.325. The van der Waals surface area contributed by atoms with Gasteiger partial charge in [-0.05, 0) is 54.7 Å². The first-order valence-electron chi connectivity index (χ1n) is 9.48. The van der Waals surface area contributed by atoms with E-state index in [-0.39, 0.29) is 5.91 Å². The van der Waals surface area contributed by atoms with Gasteiger partial charge in [-0.1, -0.05) is 31.2 Å². The summed E-state index contributed by atoms with van der Waals surface area (Å²) in [4.78, 5) is 21.1. The number of hydrogen-bond donors (Lipinski definition) is 2. The van der Waals surface area contributed by atoms with Gasteiger partial charge < -0.3 is 10.7 Å². The topological polar surface area (TPSA) is 78.7 Å². The molecule has 28 heavy (non-hydrogen) atoms. The van der Waals surface area contributed by atoms with Crippen molar-refractivity contribution in [1.82, 2.24) is 15.3 Å². The molecule has 1 fully saturated rings. The van der Waals surface area contributed by atoms with Gasteiger partial charge in [0.1, 0.15) is 5.69 Å². The molecule has 5 heteroatoms. The van der Waals surface area contributed by atoms with E-state index < -0.39 is 0 Å². The summed E-state index contributed by atoms with van der Waals surface area (Å²) < 4.78 is 0. The van der Waals surface area contributed by atoms with Gasteiger partial charge in [0.2, 0.25) is 0 Å². The molecule has 0 aliphatic heterocycles. The van der Waals surface area contributed by atoms with Crippen LogP contribution in [0.4, 0.5) is 0 Å². The van der Waals surface area contributed by atoms with E-state index in [4.69, 9.17) is 5.41 Å². The molecule has 1 aliphatic rings. The van der Waals surface area contributed by atoms with E-state index in [1.807, 2.05) is 43.5 Å². The maximum Gasteiger partial charge on any atom is 0.273 e. The van der Waals surface area contributed by atoms with Crippen molar-refractivity contribution in [1.29, 1.82) is 5.41 Å². The number of pyridine rings is 2. The van der Waals surface area contributed by atoms with Gasteiger partial charge in [-0.15, -0.1) is 0 Å². The Morgan fingerprint density at radius 2 is 2.11 bits per heavy atom. The third-order valence-electron chi connectivity index (χ3n) is 4.43. The molecule has 0 saturated heterocycles. The molecule has 0 spiro atoms. The van der Waals surface area contributed by atoms with Crippen LogP contribution in [0.1, 0.15) is 48.3 Å². The van der Waals surface area contributed by atoms with Gasteiger partial charge in [-0.3, -0.25) is 14.8 Å². The van der Waals surface area contributed by atoms with Crippen molar-refractivity contribution in [3.05, 3.63) is 84.1 Å². The highest BCUT2D eigenvalue weighted by Gasteiger charge is 2.24. The molecule has 0 radical (unpaired) electrons. The van der Waals surface area contributed by atoms with E-state index in [1.165, 1.54) is 25.3 Å². The zero-order chi connectivity index (χ0) is 19.8. The second-order valence-electron chi connectivity index (χ2n) is 6.63. The van der Waals surface area contributed by atoms with E-state index in [9.17, 15) is 4.79 Å². The number of nitrogens with zero attached hydrogens (tertiary/aromatic N) is 2. The maximum absolute atomic E-state index is 12.4. The van der Waals surface area contributed by atoms with E-state index >= 15 is 0 Å². The van der Waals surface area contributed by atoms with E-state index in [0.29, 0.717) is 17.2 Å². The summed E-state index contributed by atoms with van der Waals surface area (Å²) >= 11 is 0. The van der Waals surface area contributed by atoms with Gasteiger partial charge in [0.05, 0.1) is 0 Å². The Morgan fingerprint density at radius 1 is 1.25 bits per heavy atom. The summed E-state index contributed by atoms with van der Waals surface area (Å²) in [6, 6.07) is 7.74. The van der Waals surface area contributed by atoms with Crippen LogP contribution in [-0.4, -0.2) is 22.1 Å². The van der Waals surface area contributed by atoms with Gasteiger partial charge >= 0.3 is 0 Å². The van der Waals surface area contributed by atoms with Crippen molar-refractivity contribution in [2.45, 2.75) is 32.1 Å². The van der Waals surface area contributed by atoms with E-state index in [2.05, 4.69) is 21.4 Å². The number of hydrogen-bond acceptors (Lipinski definition) is 4. The van der Waals surface area contributed by atoms with Gasteiger partial charge in [-0.2, -0.15) is 0 Å². The maximum atomic E-state index is 12.4. The predicted molar refractivity (Wildman–Crippen MR) is 112 cm³/mol. The lowest BCUT2D eigenvalue weighted by atomic mass is 10.1. The molecule has 0 aromatic carbocycles. The van der Waals surface area contributed by atoms with E-state index in [1.54, 1.807) is 18.3 Å². The van der Waals surface area contributed by atoms with Crippen LogP contribution in [0, 0.1) is 5.41 Å².